The highest BCUT2D eigenvalue weighted by Crippen LogP contribution is 2.36. The van der Waals surface area contributed by atoms with Crippen LogP contribution in [0.3, 0.4) is 0 Å². The number of hydrogen-bond donors (Lipinski definition) is 1. The van der Waals surface area contributed by atoms with E-state index in [1.165, 1.54) is 11.0 Å². The molecule has 0 radical (unpaired) electrons. The normalized spacial score (nSPS) is 19.8. The monoisotopic (exact) mass is 569 g/mol. The van der Waals surface area contributed by atoms with E-state index >= 15 is 0 Å². The minimum absolute atomic E-state index is 0.0259. The van der Waals surface area contributed by atoms with E-state index in [2.05, 4.69) is 14.9 Å². The Morgan fingerprint density at radius 2 is 1.85 bits per heavy atom. The lowest BCUT2D eigenvalue weighted by Crippen LogP contribution is -2.61. The number of aliphatic hydroxyl groups excluding tert-OH is 1. The molecule has 0 saturated carbocycles. The van der Waals surface area contributed by atoms with Crippen molar-refractivity contribution >= 4 is 23.2 Å². The van der Waals surface area contributed by atoms with Crippen LogP contribution in [0.4, 0.5) is 29.2 Å². The molecule has 214 valence electrons. The molecule has 5 heterocycles. The van der Waals surface area contributed by atoms with Gasteiger partial charge in [-0.3, -0.25) is 4.79 Å². The van der Waals surface area contributed by atoms with Crippen molar-refractivity contribution in [3.63, 3.8) is 0 Å². The van der Waals surface area contributed by atoms with Crippen molar-refractivity contribution < 1.29 is 27.5 Å². The fourth-order valence-corrected chi connectivity index (χ4v) is 5.70. The van der Waals surface area contributed by atoms with E-state index in [4.69, 9.17) is 10.2 Å². The lowest BCUT2D eigenvalue weighted by molar-refractivity contribution is -0.191. The standard InChI is InChI=1S/C28H27F4N7O2/c29-19-5-1-4-18(14-19)21-7-3-11-37(21)26-10-9-24-33-15-22(39(24)35-26)20-6-2-8-25(34-20)36-12-13-38(27(41)17-40)23(16-36)28(30,31)32/h1-2,4-6,8-10,14-15,21,23,40H,3,7,11-13,16-17H2/t21-,23?/m1/s1. The van der Waals surface area contributed by atoms with Crippen molar-refractivity contribution in [2.45, 2.75) is 31.1 Å². The van der Waals surface area contributed by atoms with Gasteiger partial charge >= 0.3 is 6.18 Å². The number of carbonyl (C=O) groups excluding carboxylic acids is 1. The molecule has 2 aliphatic rings. The summed E-state index contributed by atoms with van der Waals surface area (Å²) >= 11 is 0. The zero-order valence-electron chi connectivity index (χ0n) is 21.9. The quantitative estimate of drug-likeness (QED) is 0.366. The first-order valence-corrected chi connectivity index (χ1v) is 13.3. The number of benzene rings is 1. The first-order valence-electron chi connectivity index (χ1n) is 13.3. The summed E-state index contributed by atoms with van der Waals surface area (Å²) in [5.41, 5.74) is 2.49. The third kappa shape index (κ3) is 5.17. The van der Waals surface area contributed by atoms with Crippen LogP contribution in [0.5, 0.6) is 0 Å². The molecule has 1 N–H and O–H groups in total. The Hall–Kier alpha value is -4.26. The summed E-state index contributed by atoms with van der Waals surface area (Å²) in [5, 5.41) is 14.0. The van der Waals surface area contributed by atoms with Gasteiger partial charge < -0.3 is 19.8 Å². The molecule has 2 atom stereocenters. The minimum atomic E-state index is -4.66. The largest absolute Gasteiger partial charge is 0.410 e. The van der Waals surface area contributed by atoms with Crippen molar-refractivity contribution in [3.05, 3.63) is 72.2 Å². The van der Waals surface area contributed by atoms with Gasteiger partial charge in [-0.2, -0.15) is 13.2 Å². The van der Waals surface area contributed by atoms with Crippen LogP contribution in [-0.2, 0) is 4.79 Å². The molecule has 1 amide bonds. The van der Waals surface area contributed by atoms with Crippen LogP contribution >= 0.6 is 0 Å². The molecular formula is C28H27F4N7O2. The molecule has 3 aromatic heterocycles. The van der Waals surface area contributed by atoms with Gasteiger partial charge in [0.05, 0.1) is 17.9 Å². The molecule has 0 aliphatic carbocycles. The lowest BCUT2D eigenvalue weighted by Gasteiger charge is -2.42. The summed E-state index contributed by atoms with van der Waals surface area (Å²) in [7, 11) is 0. The van der Waals surface area contributed by atoms with E-state index < -0.39 is 31.3 Å². The molecule has 9 nitrogen and oxygen atoms in total. The predicted octanol–water partition coefficient (Wildman–Crippen LogP) is 3.84. The number of carbonyl (C=O) groups is 1. The summed E-state index contributed by atoms with van der Waals surface area (Å²) in [6.45, 7) is -0.802. The van der Waals surface area contributed by atoms with Gasteiger partial charge in [-0.1, -0.05) is 18.2 Å². The van der Waals surface area contributed by atoms with Gasteiger partial charge in [-0.25, -0.2) is 18.9 Å². The Bertz CT molecular complexity index is 1580. The fourth-order valence-electron chi connectivity index (χ4n) is 5.70. The number of aromatic nitrogens is 4. The van der Waals surface area contributed by atoms with Crippen molar-refractivity contribution in [1.29, 1.82) is 0 Å². The second kappa shape index (κ2) is 10.6. The highest BCUT2D eigenvalue weighted by Gasteiger charge is 2.48. The maximum atomic E-state index is 13.9. The number of nitrogens with zero attached hydrogens (tertiary/aromatic N) is 7. The van der Waals surface area contributed by atoms with Crippen molar-refractivity contribution in [1.82, 2.24) is 24.5 Å². The number of hydrogen-bond acceptors (Lipinski definition) is 7. The molecular weight excluding hydrogens is 542 g/mol. The second-order valence-electron chi connectivity index (χ2n) is 10.1. The Morgan fingerprint density at radius 3 is 2.63 bits per heavy atom. The summed E-state index contributed by atoms with van der Waals surface area (Å²) in [6, 6.07) is 13.3. The molecule has 13 heteroatoms. The maximum absolute atomic E-state index is 13.9. The third-order valence-corrected chi connectivity index (χ3v) is 7.66. The van der Waals surface area contributed by atoms with E-state index in [9.17, 15) is 22.4 Å². The molecule has 2 aliphatic heterocycles. The van der Waals surface area contributed by atoms with Crippen LogP contribution < -0.4 is 9.80 Å². The van der Waals surface area contributed by atoms with E-state index in [0.717, 1.165) is 24.9 Å². The minimum Gasteiger partial charge on any atom is -0.387 e. The van der Waals surface area contributed by atoms with Gasteiger partial charge in [0.1, 0.15) is 35.8 Å². The number of pyridine rings is 1. The number of alkyl halides is 3. The number of amides is 1. The molecule has 41 heavy (non-hydrogen) atoms. The summed E-state index contributed by atoms with van der Waals surface area (Å²) in [5.74, 6) is -0.232. The molecule has 1 unspecified atom stereocenters. The first kappa shape index (κ1) is 26.9. The third-order valence-electron chi connectivity index (χ3n) is 7.66. The first-order chi connectivity index (χ1) is 19.7. The molecule has 6 rings (SSSR count). The van der Waals surface area contributed by atoms with Gasteiger partial charge in [0, 0.05) is 26.2 Å². The zero-order valence-corrected chi connectivity index (χ0v) is 21.9. The molecule has 4 aromatic rings. The highest BCUT2D eigenvalue weighted by atomic mass is 19.4. The predicted molar refractivity (Wildman–Crippen MR) is 143 cm³/mol. The highest BCUT2D eigenvalue weighted by molar-refractivity contribution is 5.78. The average Bonchev–Trinajstić information content (AvgIpc) is 3.63. The van der Waals surface area contributed by atoms with Crippen LogP contribution in [0, 0.1) is 5.82 Å². The van der Waals surface area contributed by atoms with Crippen molar-refractivity contribution in [2.24, 2.45) is 0 Å². The number of aliphatic hydroxyl groups is 1. The van der Waals surface area contributed by atoms with Gasteiger partial charge in [0.25, 0.3) is 0 Å². The van der Waals surface area contributed by atoms with E-state index in [1.807, 2.05) is 18.2 Å². The molecule has 0 spiro atoms. The average molecular weight is 570 g/mol. The van der Waals surface area contributed by atoms with Crippen LogP contribution in [0.15, 0.2) is 60.8 Å². The number of imidazole rings is 1. The van der Waals surface area contributed by atoms with Gasteiger partial charge in [-0.15, -0.1) is 5.10 Å². The number of fused-ring (bicyclic) bond motifs is 1. The number of piperazine rings is 1. The van der Waals surface area contributed by atoms with E-state index in [-0.39, 0.29) is 24.9 Å². The lowest BCUT2D eigenvalue weighted by atomic mass is 10.0. The van der Waals surface area contributed by atoms with Crippen molar-refractivity contribution in [3.8, 4) is 11.4 Å². The van der Waals surface area contributed by atoms with E-state index in [1.54, 1.807) is 41.0 Å². The maximum Gasteiger partial charge on any atom is 0.410 e. The van der Waals surface area contributed by atoms with Crippen molar-refractivity contribution in [2.75, 3.05) is 42.6 Å². The zero-order chi connectivity index (χ0) is 28.7. The van der Waals surface area contributed by atoms with Crippen LogP contribution in [0.1, 0.15) is 24.4 Å². The SMILES string of the molecule is O=C(CO)N1CCN(c2cccc(-c3cnc4ccc(N5CCC[C@@H]5c5cccc(F)c5)nn34)n2)CC1C(F)(F)F. The van der Waals surface area contributed by atoms with E-state index in [0.29, 0.717) is 33.6 Å². The number of rotatable bonds is 5. The summed E-state index contributed by atoms with van der Waals surface area (Å²) in [4.78, 5) is 25.3. The Balaban J connectivity index is 1.30. The molecule has 2 fully saturated rings. The van der Waals surface area contributed by atoms with Gasteiger partial charge in [0.15, 0.2) is 5.65 Å². The molecule has 1 aromatic carbocycles. The Kier molecular flexibility index (Phi) is 6.98. The van der Waals surface area contributed by atoms with Gasteiger partial charge in [0.2, 0.25) is 5.91 Å². The van der Waals surface area contributed by atoms with Gasteiger partial charge in [-0.05, 0) is 54.8 Å². The smallest absolute Gasteiger partial charge is 0.387 e. The van der Waals surface area contributed by atoms with Crippen LogP contribution in [0.25, 0.3) is 17.0 Å². The Morgan fingerprint density at radius 1 is 1.02 bits per heavy atom. The summed E-state index contributed by atoms with van der Waals surface area (Å²) in [6.07, 6.45) is -1.26. The second-order valence-corrected chi connectivity index (χ2v) is 10.1. The molecule has 2 saturated heterocycles. The van der Waals surface area contributed by atoms with Crippen LogP contribution in [-0.4, -0.2) is 80.5 Å². The fraction of sp³-hybridized carbons (Fsp3) is 0.357. The van der Waals surface area contributed by atoms with Crippen LogP contribution in [0.2, 0.25) is 0 Å². The summed E-state index contributed by atoms with van der Waals surface area (Å²) < 4.78 is 57.0. The topological polar surface area (TPSA) is 90.1 Å². The number of halogens is 4. The number of anilines is 2. The Labute approximate surface area is 232 Å². The molecule has 0 bridgehead atoms.